The van der Waals surface area contributed by atoms with Crippen LogP contribution in [0.2, 0.25) is 5.02 Å². The summed E-state index contributed by atoms with van der Waals surface area (Å²) in [7, 11) is 0. The van der Waals surface area contributed by atoms with Gasteiger partial charge in [0, 0.05) is 15.1 Å². The largest absolute Gasteiger partial charge is 0.394 e. The Morgan fingerprint density at radius 2 is 2.25 bits per heavy atom. The van der Waals surface area contributed by atoms with Gasteiger partial charge in [-0.15, -0.1) is 0 Å². The number of carbonyl (C=O) groups excluding carboxylic acids is 1. The second kappa shape index (κ2) is 6.23. The van der Waals surface area contributed by atoms with Crippen LogP contribution in [0.4, 0.5) is 0 Å². The number of nitrogens with one attached hydrogen (secondary N) is 1. The van der Waals surface area contributed by atoms with E-state index in [-0.39, 0.29) is 18.6 Å². The molecular weight excluding hydrogens is 293 g/mol. The van der Waals surface area contributed by atoms with Crippen LogP contribution in [0.5, 0.6) is 0 Å². The zero-order valence-corrected chi connectivity index (χ0v) is 11.2. The molecule has 1 rings (SSSR count). The van der Waals surface area contributed by atoms with E-state index in [0.29, 0.717) is 17.0 Å². The zero-order valence-electron chi connectivity index (χ0n) is 8.84. The molecule has 1 aromatic carbocycles. The maximum atomic E-state index is 11.8. The number of hydrogen-bond acceptors (Lipinski definition) is 2. The van der Waals surface area contributed by atoms with Crippen LogP contribution < -0.4 is 5.32 Å². The first-order chi connectivity index (χ1) is 7.56. The summed E-state index contributed by atoms with van der Waals surface area (Å²) in [6.45, 7) is 1.83. The highest BCUT2D eigenvalue weighted by molar-refractivity contribution is 9.10. The summed E-state index contributed by atoms with van der Waals surface area (Å²) < 4.78 is 0.752. The average molecular weight is 307 g/mol. The number of halogens is 2. The van der Waals surface area contributed by atoms with Crippen molar-refractivity contribution in [3.05, 3.63) is 33.3 Å². The van der Waals surface area contributed by atoms with Gasteiger partial charge in [-0.1, -0.05) is 34.5 Å². The van der Waals surface area contributed by atoms with E-state index in [4.69, 9.17) is 16.7 Å². The molecule has 0 heterocycles. The lowest BCUT2D eigenvalue weighted by Gasteiger charge is -2.14. The molecule has 88 valence electrons. The molecule has 5 heteroatoms. The molecule has 1 aromatic rings. The Morgan fingerprint density at radius 1 is 1.56 bits per heavy atom. The van der Waals surface area contributed by atoms with E-state index in [1.165, 1.54) is 0 Å². The quantitative estimate of drug-likeness (QED) is 0.898. The summed E-state index contributed by atoms with van der Waals surface area (Å²) in [6, 6.07) is 4.77. The van der Waals surface area contributed by atoms with Gasteiger partial charge in [0.25, 0.3) is 5.91 Å². The summed E-state index contributed by atoms with van der Waals surface area (Å²) >= 11 is 9.11. The van der Waals surface area contributed by atoms with Crippen molar-refractivity contribution < 1.29 is 9.90 Å². The minimum absolute atomic E-state index is 0.0655. The molecule has 0 aliphatic rings. The fourth-order valence-corrected chi connectivity index (χ4v) is 2.09. The smallest absolute Gasteiger partial charge is 0.251 e. The molecule has 0 saturated carbocycles. The van der Waals surface area contributed by atoms with Gasteiger partial charge in [-0.2, -0.15) is 0 Å². The van der Waals surface area contributed by atoms with Crippen LogP contribution in [0.1, 0.15) is 23.7 Å². The molecule has 0 radical (unpaired) electrons. The highest BCUT2D eigenvalue weighted by atomic mass is 79.9. The Balaban J connectivity index is 2.80. The van der Waals surface area contributed by atoms with Gasteiger partial charge in [0.2, 0.25) is 0 Å². The Bertz CT molecular complexity index is 360. The molecule has 0 fully saturated rings. The number of amides is 1. The third-order valence-corrected chi connectivity index (χ3v) is 2.85. The number of hydrogen-bond donors (Lipinski definition) is 2. The lowest BCUT2D eigenvalue weighted by atomic mass is 10.2. The molecule has 16 heavy (non-hydrogen) atoms. The molecule has 0 bridgehead atoms. The highest BCUT2D eigenvalue weighted by Gasteiger charge is 2.12. The normalized spacial score (nSPS) is 12.2. The lowest BCUT2D eigenvalue weighted by molar-refractivity contribution is 0.0915. The van der Waals surface area contributed by atoms with Gasteiger partial charge in [-0.05, 0) is 24.6 Å². The van der Waals surface area contributed by atoms with E-state index in [2.05, 4.69) is 21.2 Å². The van der Waals surface area contributed by atoms with E-state index >= 15 is 0 Å². The number of rotatable bonds is 4. The number of carbonyl (C=O) groups is 1. The predicted molar refractivity (Wildman–Crippen MR) is 67.8 cm³/mol. The van der Waals surface area contributed by atoms with Crippen LogP contribution in [0.25, 0.3) is 0 Å². The minimum atomic E-state index is -0.232. The Hall–Kier alpha value is -0.580. The van der Waals surface area contributed by atoms with Crippen molar-refractivity contribution in [1.29, 1.82) is 0 Å². The van der Waals surface area contributed by atoms with Crippen molar-refractivity contribution in [2.45, 2.75) is 19.4 Å². The van der Waals surface area contributed by atoms with Crippen LogP contribution >= 0.6 is 27.5 Å². The van der Waals surface area contributed by atoms with Crippen molar-refractivity contribution in [2.24, 2.45) is 0 Å². The van der Waals surface area contributed by atoms with Gasteiger partial charge in [0.05, 0.1) is 12.6 Å². The SMILES string of the molecule is CC[C@H](CO)NC(=O)c1cc(Cl)cc(Br)c1. The summed E-state index contributed by atoms with van der Waals surface area (Å²) in [4.78, 5) is 11.8. The highest BCUT2D eigenvalue weighted by Crippen LogP contribution is 2.19. The molecule has 1 amide bonds. The van der Waals surface area contributed by atoms with Crippen LogP contribution in [0.3, 0.4) is 0 Å². The van der Waals surface area contributed by atoms with Crippen molar-refractivity contribution in [3.63, 3.8) is 0 Å². The lowest BCUT2D eigenvalue weighted by Crippen LogP contribution is -2.36. The van der Waals surface area contributed by atoms with Crippen LogP contribution in [-0.4, -0.2) is 23.7 Å². The Kier molecular flexibility index (Phi) is 5.25. The fraction of sp³-hybridized carbons (Fsp3) is 0.364. The summed E-state index contributed by atoms with van der Waals surface area (Å²) in [5.41, 5.74) is 0.478. The Labute approximate surface area is 108 Å². The third kappa shape index (κ3) is 3.77. The van der Waals surface area contributed by atoms with Crippen molar-refractivity contribution in [3.8, 4) is 0 Å². The topological polar surface area (TPSA) is 49.3 Å². The van der Waals surface area contributed by atoms with Gasteiger partial charge in [0.15, 0.2) is 0 Å². The summed E-state index contributed by atoms with van der Waals surface area (Å²) in [6.07, 6.45) is 0.684. The van der Waals surface area contributed by atoms with Gasteiger partial charge >= 0.3 is 0 Å². The van der Waals surface area contributed by atoms with Crippen LogP contribution in [0.15, 0.2) is 22.7 Å². The monoisotopic (exact) mass is 305 g/mol. The average Bonchev–Trinajstić information content (AvgIpc) is 2.24. The minimum Gasteiger partial charge on any atom is -0.394 e. The molecular formula is C11H13BrClNO2. The van der Waals surface area contributed by atoms with Crippen molar-refractivity contribution in [1.82, 2.24) is 5.32 Å². The number of aliphatic hydroxyl groups excluding tert-OH is 1. The molecule has 2 N–H and O–H groups in total. The fourth-order valence-electron chi connectivity index (χ4n) is 1.23. The summed E-state index contributed by atoms with van der Waals surface area (Å²) in [5, 5.41) is 12.2. The molecule has 0 aliphatic heterocycles. The molecule has 0 aliphatic carbocycles. The van der Waals surface area contributed by atoms with Gasteiger partial charge in [-0.25, -0.2) is 0 Å². The van der Waals surface area contributed by atoms with Crippen LogP contribution in [-0.2, 0) is 0 Å². The third-order valence-electron chi connectivity index (χ3n) is 2.17. The van der Waals surface area contributed by atoms with Gasteiger partial charge in [0.1, 0.15) is 0 Å². The molecule has 1 atom stereocenters. The van der Waals surface area contributed by atoms with E-state index in [1.807, 2.05) is 6.92 Å². The predicted octanol–water partition coefficient (Wildman–Crippen LogP) is 2.60. The van der Waals surface area contributed by atoms with E-state index in [9.17, 15) is 4.79 Å². The molecule has 0 aromatic heterocycles. The number of benzene rings is 1. The first-order valence-corrected chi connectivity index (χ1v) is 6.11. The molecule has 0 spiro atoms. The van der Waals surface area contributed by atoms with Crippen molar-refractivity contribution >= 4 is 33.4 Å². The van der Waals surface area contributed by atoms with Gasteiger partial charge in [-0.3, -0.25) is 4.79 Å². The first kappa shape index (κ1) is 13.5. The maximum absolute atomic E-state index is 11.8. The standard InChI is InChI=1S/C11H13BrClNO2/c1-2-10(6-15)14-11(16)7-3-8(12)5-9(13)4-7/h3-5,10,15H,2,6H2,1H3,(H,14,16)/t10-/m1/s1. The number of aliphatic hydroxyl groups is 1. The molecule has 3 nitrogen and oxygen atoms in total. The summed E-state index contributed by atoms with van der Waals surface area (Å²) in [5.74, 6) is -0.232. The maximum Gasteiger partial charge on any atom is 0.251 e. The molecule has 0 saturated heterocycles. The first-order valence-electron chi connectivity index (χ1n) is 4.94. The van der Waals surface area contributed by atoms with Gasteiger partial charge < -0.3 is 10.4 Å². The Morgan fingerprint density at radius 3 is 2.75 bits per heavy atom. The van der Waals surface area contributed by atoms with E-state index in [1.54, 1.807) is 18.2 Å². The molecule has 0 unspecified atom stereocenters. The second-order valence-electron chi connectivity index (χ2n) is 3.42. The zero-order chi connectivity index (χ0) is 12.1. The van der Waals surface area contributed by atoms with Crippen molar-refractivity contribution in [2.75, 3.05) is 6.61 Å². The van der Waals surface area contributed by atoms with E-state index in [0.717, 1.165) is 4.47 Å². The second-order valence-corrected chi connectivity index (χ2v) is 4.77. The van der Waals surface area contributed by atoms with Crippen LogP contribution in [0, 0.1) is 0 Å². The van der Waals surface area contributed by atoms with E-state index < -0.39 is 0 Å².